The number of rotatable bonds is 1. The fourth-order valence-electron chi connectivity index (χ4n) is 1.77. The number of fused-ring (bicyclic) bond motifs is 1. The van der Waals surface area contributed by atoms with Crippen LogP contribution in [0.1, 0.15) is 0 Å². The largest absolute Gasteiger partial charge is 0.216 e. The van der Waals surface area contributed by atoms with Crippen LogP contribution < -0.4 is 0 Å². The van der Waals surface area contributed by atoms with Crippen LogP contribution in [0, 0.1) is 5.82 Å². The Labute approximate surface area is 112 Å². The molecule has 0 N–H and O–H groups in total. The molecule has 6 heteroatoms. The van der Waals surface area contributed by atoms with Crippen molar-refractivity contribution < 1.29 is 4.39 Å². The summed E-state index contributed by atoms with van der Waals surface area (Å²) in [7, 11) is 0. The summed E-state index contributed by atoms with van der Waals surface area (Å²) >= 11 is 11.8. The summed E-state index contributed by atoms with van der Waals surface area (Å²) in [6.45, 7) is 0. The van der Waals surface area contributed by atoms with E-state index in [4.69, 9.17) is 23.2 Å². The zero-order valence-corrected chi connectivity index (χ0v) is 10.5. The average Bonchev–Trinajstić information content (AvgIpc) is 2.73. The van der Waals surface area contributed by atoms with E-state index in [2.05, 4.69) is 10.1 Å². The van der Waals surface area contributed by atoms with E-state index in [1.807, 2.05) is 0 Å². The summed E-state index contributed by atoms with van der Waals surface area (Å²) in [6, 6.07) is 7.88. The zero-order valence-electron chi connectivity index (χ0n) is 8.94. The molecule has 0 atom stereocenters. The van der Waals surface area contributed by atoms with Crippen LogP contribution in [-0.2, 0) is 0 Å². The second-order valence-electron chi connectivity index (χ2n) is 3.68. The SMILES string of the molecule is Fc1ccccc1-c1cnn2c(Cl)cc(Cl)nc12. The summed E-state index contributed by atoms with van der Waals surface area (Å²) < 4.78 is 15.2. The number of halogens is 3. The molecule has 0 amide bonds. The number of aromatic nitrogens is 3. The molecule has 0 aliphatic carbocycles. The Morgan fingerprint density at radius 3 is 2.67 bits per heavy atom. The van der Waals surface area contributed by atoms with E-state index in [0.29, 0.717) is 21.9 Å². The maximum atomic E-state index is 13.8. The van der Waals surface area contributed by atoms with E-state index < -0.39 is 0 Å². The van der Waals surface area contributed by atoms with Gasteiger partial charge in [-0.25, -0.2) is 13.9 Å². The van der Waals surface area contributed by atoms with Crippen LogP contribution in [0.5, 0.6) is 0 Å². The van der Waals surface area contributed by atoms with Crippen LogP contribution in [0.2, 0.25) is 10.3 Å². The molecule has 3 aromatic rings. The maximum absolute atomic E-state index is 13.8. The molecule has 0 fully saturated rings. The molecule has 3 nitrogen and oxygen atoms in total. The number of hydrogen-bond acceptors (Lipinski definition) is 2. The molecule has 0 unspecified atom stereocenters. The van der Waals surface area contributed by atoms with Crippen LogP contribution in [-0.4, -0.2) is 14.6 Å². The first-order valence-corrected chi connectivity index (χ1v) is 5.87. The zero-order chi connectivity index (χ0) is 12.7. The van der Waals surface area contributed by atoms with Crippen molar-refractivity contribution in [1.29, 1.82) is 0 Å². The van der Waals surface area contributed by atoms with Crippen LogP contribution in [0.3, 0.4) is 0 Å². The van der Waals surface area contributed by atoms with Crippen molar-refractivity contribution >= 4 is 28.8 Å². The predicted octanol–water partition coefficient (Wildman–Crippen LogP) is 3.84. The van der Waals surface area contributed by atoms with Gasteiger partial charge in [0.05, 0.1) is 6.20 Å². The van der Waals surface area contributed by atoms with E-state index >= 15 is 0 Å². The minimum atomic E-state index is -0.342. The fraction of sp³-hybridized carbons (Fsp3) is 0. The third-order valence-electron chi connectivity index (χ3n) is 2.56. The Bertz CT molecular complexity index is 739. The second-order valence-corrected chi connectivity index (χ2v) is 4.45. The van der Waals surface area contributed by atoms with Crippen molar-refractivity contribution in [3.05, 3.63) is 52.7 Å². The van der Waals surface area contributed by atoms with Crippen molar-refractivity contribution in [2.45, 2.75) is 0 Å². The van der Waals surface area contributed by atoms with E-state index in [1.54, 1.807) is 18.2 Å². The lowest BCUT2D eigenvalue weighted by molar-refractivity contribution is 0.631. The lowest BCUT2D eigenvalue weighted by atomic mass is 10.1. The normalized spacial score (nSPS) is 11.1. The Kier molecular flexibility index (Phi) is 2.69. The van der Waals surface area contributed by atoms with Crippen LogP contribution in [0.15, 0.2) is 36.5 Å². The lowest BCUT2D eigenvalue weighted by Gasteiger charge is -2.01. The van der Waals surface area contributed by atoms with Crippen LogP contribution in [0.25, 0.3) is 16.8 Å². The minimum Gasteiger partial charge on any atom is -0.216 e. The topological polar surface area (TPSA) is 30.2 Å². The third-order valence-corrected chi connectivity index (χ3v) is 3.02. The number of benzene rings is 1. The van der Waals surface area contributed by atoms with E-state index in [0.717, 1.165) is 0 Å². The van der Waals surface area contributed by atoms with Gasteiger partial charge in [-0.3, -0.25) is 0 Å². The van der Waals surface area contributed by atoms with Gasteiger partial charge < -0.3 is 0 Å². The molecule has 0 aliphatic rings. The first-order valence-electron chi connectivity index (χ1n) is 5.11. The summed E-state index contributed by atoms with van der Waals surface area (Å²) in [6.07, 6.45) is 1.52. The monoisotopic (exact) mass is 281 g/mol. The average molecular weight is 282 g/mol. The van der Waals surface area contributed by atoms with Gasteiger partial charge in [0.2, 0.25) is 0 Å². The molecule has 1 aromatic carbocycles. The van der Waals surface area contributed by atoms with Gasteiger partial charge in [0.1, 0.15) is 16.1 Å². The Balaban J connectivity index is 2.34. The summed E-state index contributed by atoms with van der Waals surface area (Å²) in [4.78, 5) is 4.13. The van der Waals surface area contributed by atoms with Crippen molar-refractivity contribution in [2.75, 3.05) is 0 Å². The first kappa shape index (κ1) is 11.4. The number of hydrogen-bond donors (Lipinski definition) is 0. The molecule has 90 valence electrons. The van der Waals surface area contributed by atoms with Gasteiger partial charge in [-0.2, -0.15) is 5.10 Å². The molecular weight excluding hydrogens is 276 g/mol. The van der Waals surface area contributed by atoms with Gasteiger partial charge in [0.15, 0.2) is 5.65 Å². The maximum Gasteiger partial charge on any atom is 0.166 e. The molecule has 0 aliphatic heterocycles. The van der Waals surface area contributed by atoms with Gasteiger partial charge in [-0.15, -0.1) is 0 Å². The highest BCUT2D eigenvalue weighted by atomic mass is 35.5. The molecule has 0 radical (unpaired) electrons. The van der Waals surface area contributed by atoms with E-state index in [-0.39, 0.29) is 11.0 Å². The molecule has 18 heavy (non-hydrogen) atoms. The van der Waals surface area contributed by atoms with Crippen LogP contribution >= 0.6 is 23.2 Å². The molecule has 0 saturated heterocycles. The molecule has 2 aromatic heterocycles. The van der Waals surface area contributed by atoms with Crippen molar-refractivity contribution in [1.82, 2.24) is 14.6 Å². The highest BCUT2D eigenvalue weighted by Crippen LogP contribution is 2.28. The van der Waals surface area contributed by atoms with Gasteiger partial charge in [0, 0.05) is 17.2 Å². The van der Waals surface area contributed by atoms with Gasteiger partial charge in [-0.1, -0.05) is 41.4 Å². The molecule has 0 bridgehead atoms. The lowest BCUT2D eigenvalue weighted by Crippen LogP contribution is -1.93. The van der Waals surface area contributed by atoms with Crippen molar-refractivity contribution in [3.63, 3.8) is 0 Å². The van der Waals surface area contributed by atoms with Crippen molar-refractivity contribution in [3.8, 4) is 11.1 Å². The Morgan fingerprint density at radius 2 is 1.89 bits per heavy atom. The second kappa shape index (κ2) is 4.23. The smallest absolute Gasteiger partial charge is 0.166 e. The predicted molar refractivity (Wildman–Crippen MR) is 68.4 cm³/mol. The molecule has 2 heterocycles. The highest BCUT2D eigenvalue weighted by Gasteiger charge is 2.14. The summed E-state index contributed by atoms with van der Waals surface area (Å²) in [5.74, 6) is -0.342. The molecular formula is C12H6Cl2FN3. The summed E-state index contributed by atoms with van der Waals surface area (Å²) in [5.41, 5.74) is 1.40. The standard InChI is InChI=1S/C12H6Cl2FN3/c13-10-5-11(14)18-12(17-10)8(6-16-18)7-3-1-2-4-9(7)15/h1-6H. The number of nitrogens with zero attached hydrogens (tertiary/aromatic N) is 3. The first-order chi connectivity index (χ1) is 8.66. The summed E-state index contributed by atoms with van der Waals surface area (Å²) in [5, 5.41) is 4.64. The quantitative estimate of drug-likeness (QED) is 0.635. The molecule has 3 rings (SSSR count). The van der Waals surface area contributed by atoms with E-state index in [1.165, 1.54) is 22.8 Å². The van der Waals surface area contributed by atoms with E-state index in [9.17, 15) is 4.39 Å². The Morgan fingerprint density at radius 1 is 1.11 bits per heavy atom. The van der Waals surface area contributed by atoms with Gasteiger partial charge in [0.25, 0.3) is 0 Å². The van der Waals surface area contributed by atoms with Crippen molar-refractivity contribution in [2.24, 2.45) is 0 Å². The molecule has 0 saturated carbocycles. The van der Waals surface area contributed by atoms with Crippen LogP contribution in [0.4, 0.5) is 4.39 Å². The Hall–Kier alpha value is -1.65. The van der Waals surface area contributed by atoms with Gasteiger partial charge >= 0.3 is 0 Å². The van der Waals surface area contributed by atoms with Gasteiger partial charge in [-0.05, 0) is 6.07 Å². The third kappa shape index (κ3) is 1.74. The molecule has 0 spiro atoms. The minimum absolute atomic E-state index is 0.241. The fourth-order valence-corrected chi connectivity index (χ4v) is 2.23. The highest BCUT2D eigenvalue weighted by molar-refractivity contribution is 6.33.